The van der Waals surface area contributed by atoms with Crippen molar-refractivity contribution in [3.63, 3.8) is 0 Å². The van der Waals surface area contributed by atoms with Gasteiger partial charge in [0.05, 0.1) is 6.54 Å². The molecular weight excluding hydrogens is 250 g/mol. The molecule has 0 atom stereocenters. The molecule has 18 heavy (non-hydrogen) atoms. The molecule has 0 aliphatic carbocycles. The van der Waals surface area contributed by atoms with E-state index in [9.17, 15) is 4.79 Å². The van der Waals surface area contributed by atoms with Crippen LogP contribution < -0.4 is 16.6 Å². The molecule has 0 bridgehead atoms. The summed E-state index contributed by atoms with van der Waals surface area (Å²) in [7, 11) is 0. The molecule has 2 rings (SSSR count). The lowest BCUT2D eigenvalue weighted by Gasteiger charge is -2.04. The van der Waals surface area contributed by atoms with Crippen molar-refractivity contribution >= 4 is 23.1 Å². The number of nitrogens with one attached hydrogen (secondary N) is 2. The molecule has 94 valence electrons. The molecule has 0 aliphatic heterocycles. The van der Waals surface area contributed by atoms with Crippen LogP contribution in [0.3, 0.4) is 0 Å². The van der Waals surface area contributed by atoms with E-state index in [-0.39, 0.29) is 11.6 Å². The summed E-state index contributed by atoms with van der Waals surface area (Å²) in [6, 6.07) is 5.19. The number of rotatable bonds is 4. The van der Waals surface area contributed by atoms with Crippen molar-refractivity contribution in [1.29, 1.82) is 0 Å². The number of nitrogens with two attached hydrogens (primary N) is 1. The van der Waals surface area contributed by atoms with Gasteiger partial charge in [-0.15, -0.1) is 21.5 Å². The number of nitrogen functional groups attached to an aromatic ring is 1. The maximum atomic E-state index is 11.8. The van der Waals surface area contributed by atoms with E-state index in [1.807, 2.05) is 18.4 Å². The van der Waals surface area contributed by atoms with Crippen molar-refractivity contribution in [2.45, 2.75) is 13.5 Å². The van der Waals surface area contributed by atoms with E-state index in [0.29, 0.717) is 12.4 Å². The lowest BCUT2D eigenvalue weighted by Crippen LogP contribution is -2.24. The molecule has 1 amide bonds. The smallest absolute Gasteiger partial charge is 0.272 e. The summed E-state index contributed by atoms with van der Waals surface area (Å²) in [5, 5.41) is 12.3. The lowest BCUT2D eigenvalue weighted by molar-refractivity contribution is 0.0945. The highest BCUT2D eigenvalue weighted by Gasteiger charge is 2.08. The van der Waals surface area contributed by atoms with Crippen LogP contribution in [0.5, 0.6) is 0 Å². The Labute approximate surface area is 108 Å². The summed E-state index contributed by atoms with van der Waals surface area (Å²) in [6.07, 6.45) is 0. The van der Waals surface area contributed by atoms with Gasteiger partial charge in [0, 0.05) is 4.88 Å². The van der Waals surface area contributed by atoms with Crippen LogP contribution in [-0.4, -0.2) is 16.1 Å². The highest BCUT2D eigenvalue weighted by Crippen LogP contribution is 2.14. The molecule has 0 fully saturated rings. The number of aryl methyl sites for hydroxylation is 1. The number of thiophene rings is 1. The zero-order valence-corrected chi connectivity index (χ0v) is 10.6. The van der Waals surface area contributed by atoms with Gasteiger partial charge in [-0.05, 0) is 36.1 Å². The van der Waals surface area contributed by atoms with Crippen LogP contribution in [0.25, 0.3) is 0 Å². The Balaban J connectivity index is 1.97. The third kappa shape index (κ3) is 2.82. The molecule has 7 heteroatoms. The number of amides is 1. The zero-order chi connectivity index (χ0) is 13.0. The lowest BCUT2D eigenvalue weighted by atomic mass is 10.3. The van der Waals surface area contributed by atoms with Gasteiger partial charge in [0.2, 0.25) is 0 Å². The predicted molar refractivity (Wildman–Crippen MR) is 70.1 cm³/mol. The van der Waals surface area contributed by atoms with Crippen LogP contribution in [0, 0.1) is 6.92 Å². The monoisotopic (exact) mass is 263 g/mol. The second-order valence-electron chi connectivity index (χ2n) is 3.66. The van der Waals surface area contributed by atoms with E-state index in [2.05, 4.69) is 20.9 Å². The molecule has 0 aliphatic rings. The Hall–Kier alpha value is -1.99. The van der Waals surface area contributed by atoms with Crippen LogP contribution in [-0.2, 0) is 6.54 Å². The van der Waals surface area contributed by atoms with E-state index < -0.39 is 0 Å². The van der Waals surface area contributed by atoms with E-state index in [0.717, 1.165) is 4.88 Å². The third-order valence-corrected chi connectivity index (χ3v) is 3.45. The second-order valence-corrected chi connectivity index (χ2v) is 4.66. The second kappa shape index (κ2) is 5.56. The zero-order valence-electron chi connectivity index (χ0n) is 9.80. The predicted octanol–water partition coefficient (Wildman–Crippen LogP) is 1.06. The molecule has 0 saturated carbocycles. The van der Waals surface area contributed by atoms with Gasteiger partial charge < -0.3 is 10.7 Å². The molecule has 4 N–H and O–H groups in total. The molecule has 0 spiro atoms. The van der Waals surface area contributed by atoms with Gasteiger partial charge in [-0.1, -0.05) is 0 Å². The first-order valence-corrected chi connectivity index (χ1v) is 6.20. The minimum absolute atomic E-state index is 0.251. The number of aromatic nitrogens is 2. The largest absolute Gasteiger partial charge is 0.346 e. The highest BCUT2D eigenvalue weighted by molar-refractivity contribution is 7.10. The van der Waals surface area contributed by atoms with Gasteiger partial charge in [-0.2, -0.15) is 0 Å². The first-order chi connectivity index (χ1) is 8.70. The van der Waals surface area contributed by atoms with Gasteiger partial charge in [-0.3, -0.25) is 4.79 Å². The van der Waals surface area contributed by atoms with Crippen LogP contribution in [0.4, 0.5) is 5.82 Å². The maximum Gasteiger partial charge on any atom is 0.272 e. The Morgan fingerprint density at radius 2 is 2.22 bits per heavy atom. The van der Waals surface area contributed by atoms with Crippen molar-refractivity contribution < 1.29 is 4.79 Å². The summed E-state index contributed by atoms with van der Waals surface area (Å²) >= 11 is 1.62. The van der Waals surface area contributed by atoms with Gasteiger partial charge in [0.25, 0.3) is 5.91 Å². The quantitative estimate of drug-likeness (QED) is 0.566. The first kappa shape index (κ1) is 12.5. The van der Waals surface area contributed by atoms with Crippen LogP contribution in [0.1, 0.15) is 20.9 Å². The minimum atomic E-state index is -0.251. The first-order valence-electron chi connectivity index (χ1n) is 5.32. The van der Waals surface area contributed by atoms with Crippen molar-refractivity contribution in [3.05, 3.63) is 39.7 Å². The van der Waals surface area contributed by atoms with E-state index in [1.54, 1.807) is 23.5 Å². The number of carbonyl (C=O) groups excluding carboxylic acids is 1. The summed E-state index contributed by atoms with van der Waals surface area (Å²) in [5.41, 5.74) is 3.79. The van der Waals surface area contributed by atoms with Crippen molar-refractivity contribution in [1.82, 2.24) is 15.5 Å². The van der Waals surface area contributed by atoms with E-state index in [4.69, 9.17) is 5.84 Å². The van der Waals surface area contributed by atoms with E-state index >= 15 is 0 Å². The van der Waals surface area contributed by atoms with Crippen LogP contribution in [0.15, 0.2) is 23.6 Å². The summed E-state index contributed by atoms with van der Waals surface area (Å²) in [6.45, 7) is 2.51. The number of hydrogen-bond donors (Lipinski definition) is 3. The average Bonchev–Trinajstić information content (AvgIpc) is 2.81. The Bertz CT molecular complexity index is 537. The Morgan fingerprint density at radius 3 is 2.78 bits per heavy atom. The summed E-state index contributed by atoms with van der Waals surface area (Å²) in [5.74, 6) is 5.33. The number of carbonyl (C=O) groups is 1. The van der Waals surface area contributed by atoms with Crippen LogP contribution in [0.2, 0.25) is 0 Å². The normalized spacial score (nSPS) is 10.1. The third-order valence-electron chi connectivity index (χ3n) is 2.42. The molecule has 2 aromatic rings. The van der Waals surface area contributed by atoms with Gasteiger partial charge in [-0.25, -0.2) is 5.84 Å². The van der Waals surface area contributed by atoms with Gasteiger partial charge in [0.1, 0.15) is 0 Å². The number of hydrazine groups is 1. The number of nitrogens with zero attached hydrogens (tertiary/aromatic N) is 2. The molecule has 0 saturated heterocycles. The minimum Gasteiger partial charge on any atom is -0.346 e. The highest BCUT2D eigenvalue weighted by atomic mass is 32.1. The fourth-order valence-corrected chi connectivity index (χ4v) is 2.21. The van der Waals surface area contributed by atoms with Gasteiger partial charge in [0.15, 0.2) is 11.5 Å². The topological polar surface area (TPSA) is 92.9 Å². The number of anilines is 1. The molecule has 0 radical (unpaired) electrons. The fraction of sp³-hybridized carbons (Fsp3) is 0.182. The molecule has 6 nitrogen and oxygen atoms in total. The fourth-order valence-electron chi connectivity index (χ4n) is 1.37. The molecule has 2 aromatic heterocycles. The maximum absolute atomic E-state index is 11.8. The summed E-state index contributed by atoms with van der Waals surface area (Å²) in [4.78, 5) is 12.9. The average molecular weight is 263 g/mol. The van der Waals surface area contributed by atoms with E-state index in [1.165, 1.54) is 5.56 Å². The molecule has 2 heterocycles. The molecule has 0 unspecified atom stereocenters. The SMILES string of the molecule is Cc1ccsc1CNC(=O)c1ccc(NN)nn1. The van der Waals surface area contributed by atoms with Gasteiger partial charge >= 0.3 is 0 Å². The van der Waals surface area contributed by atoms with Crippen LogP contribution >= 0.6 is 11.3 Å². The Morgan fingerprint density at radius 1 is 1.39 bits per heavy atom. The molecular formula is C11H13N5OS. The van der Waals surface area contributed by atoms with Crippen molar-refractivity contribution in [2.75, 3.05) is 5.43 Å². The van der Waals surface area contributed by atoms with Crippen molar-refractivity contribution in [2.24, 2.45) is 5.84 Å². The van der Waals surface area contributed by atoms with Crippen molar-refractivity contribution in [3.8, 4) is 0 Å². The number of hydrogen-bond acceptors (Lipinski definition) is 6. The summed E-state index contributed by atoms with van der Waals surface area (Å²) < 4.78 is 0. The standard InChI is InChI=1S/C11H13N5OS/c1-7-4-5-18-9(7)6-13-11(17)8-2-3-10(14-12)16-15-8/h2-5H,6,12H2,1H3,(H,13,17)(H,14,16). The Kier molecular flexibility index (Phi) is 3.85. The molecule has 0 aromatic carbocycles.